The molecule has 1 fully saturated rings. The molecule has 1 heterocycles. The van der Waals surface area contributed by atoms with Gasteiger partial charge in [0, 0.05) is 25.6 Å². The highest BCUT2D eigenvalue weighted by molar-refractivity contribution is 5.76. The summed E-state index contributed by atoms with van der Waals surface area (Å²) in [5.41, 5.74) is 0. The second-order valence-electron chi connectivity index (χ2n) is 4.41. The first-order valence-electron chi connectivity index (χ1n) is 5.64. The van der Waals surface area contributed by atoms with E-state index in [9.17, 15) is 4.79 Å². The van der Waals surface area contributed by atoms with E-state index in [1.54, 1.807) is 0 Å². The van der Waals surface area contributed by atoms with Gasteiger partial charge in [0.2, 0.25) is 5.91 Å². The highest BCUT2D eigenvalue weighted by Gasteiger charge is 2.24. The molecule has 0 aromatic rings. The van der Waals surface area contributed by atoms with Gasteiger partial charge in [-0.2, -0.15) is 0 Å². The van der Waals surface area contributed by atoms with Crippen LogP contribution in [0.5, 0.6) is 0 Å². The molecule has 0 aromatic carbocycles. The zero-order valence-electron chi connectivity index (χ0n) is 9.55. The highest BCUT2D eigenvalue weighted by atomic mass is 16.2. The van der Waals surface area contributed by atoms with Gasteiger partial charge in [-0.3, -0.25) is 4.79 Å². The topological polar surface area (TPSA) is 32.3 Å². The van der Waals surface area contributed by atoms with E-state index >= 15 is 0 Å². The number of nitrogens with one attached hydrogen (secondary N) is 1. The summed E-state index contributed by atoms with van der Waals surface area (Å²) in [5.74, 6) is 0.963. The van der Waals surface area contributed by atoms with Crippen LogP contribution in [0.1, 0.15) is 33.6 Å². The highest BCUT2D eigenvalue weighted by Crippen LogP contribution is 2.16. The van der Waals surface area contributed by atoms with Crippen LogP contribution in [-0.2, 0) is 4.79 Å². The molecule has 1 unspecified atom stereocenters. The lowest BCUT2D eigenvalue weighted by atomic mass is 10.1. The monoisotopic (exact) mass is 198 g/mol. The number of nitrogens with zero attached hydrogens (tertiary/aromatic N) is 1. The normalized spacial score (nSPS) is 22.0. The van der Waals surface area contributed by atoms with Gasteiger partial charge in [0.15, 0.2) is 0 Å². The fourth-order valence-electron chi connectivity index (χ4n) is 1.85. The van der Waals surface area contributed by atoms with Crippen molar-refractivity contribution in [3.8, 4) is 0 Å². The lowest BCUT2D eigenvalue weighted by Gasteiger charge is -2.16. The zero-order chi connectivity index (χ0) is 10.6. The summed E-state index contributed by atoms with van der Waals surface area (Å²) >= 11 is 0. The van der Waals surface area contributed by atoms with Crippen molar-refractivity contribution in [3.05, 3.63) is 0 Å². The second-order valence-corrected chi connectivity index (χ2v) is 4.41. The van der Waals surface area contributed by atoms with Crippen molar-refractivity contribution in [2.45, 2.75) is 39.7 Å². The fraction of sp³-hybridized carbons (Fsp3) is 0.909. The molecular formula is C11H22N2O. The Kier molecular flexibility index (Phi) is 4.39. The third kappa shape index (κ3) is 3.29. The molecule has 1 atom stereocenters. The van der Waals surface area contributed by atoms with E-state index in [0.29, 0.717) is 24.3 Å². The van der Waals surface area contributed by atoms with E-state index in [1.165, 1.54) is 0 Å². The first-order valence-corrected chi connectivity index (χ1v) is 5.64. The van der Waals surface area contributed by atoms with Crippen molar-refractivity contribution in [2.24, 2.45) is 5.92 Å². The van der Waals surface area contributed by atoms with Gasteiger partial charge in [0.25, 0.3) is 0 Å². The summed E-state index contributed by atoms with van der Waals surface area (Å²) in [6.07, 6.45) is 1.80. The second kappa shape index (κ2) is 5.35. The maximum absolute atomic E-state index is 11.4. The third-order valence-corrected chi connectivity index (χ3v) is 2.76. The molecule has 0 radical (unpaired) electrons. The Morgan fingerprint density at radius 3 is 2.86 bits per heavy atom. The van der Waals surface area contributed by atoms with Crippen LogP contribution < -0.4 is 5.32 Å². The Morgan fingerprint density at radius 1 is 1.57 bits per heavy atom. The van der Waals surface area contributed by atoms with Gasteiger partial charge in [-0.15, -0.1) is 0 Å². The molecule has 82 valence electrons. The first kappa shape index (κ1) is 11.5. The predicted molar refractivity (Wildman–Crippen MR) is 58.1 cm³/mol. The SMILES string of the molecule is CCC(=O)N1CCC(CNC(C)C)C1. The van der Waals surface area contributed by atoms with Crippen molar-refractivity contribution in [3.63, 3.8) is 0 Å². The number of likely N-dealkylation sites (tertiary alicyclic amines) is 1. The van der Waals surface area contributed by atoms with Crippen LogP contribution in [0.2, 0.25) is 0 Å². The molecule has 1 aliphatic heterocycles. The minimum absolute atomic E-state index is 0.303. The fourth-order valence-corrected chi connectivity index (χ4v) is 1.85. The number of carbonyl (C=O) groups excluding carboxylic acids is 1. The smallest absolute Gasteiger partial charge is 0.222 e. The lowest BCUT2D eigenvalue weighted by Crippen LogP contribution is -2.32. The minimum atomic E-state index is 0.303. The molecule has 14 heavy (non-hydrogen) atoms. The molecule has 1 aliphatic rings. The molecule has 0 aromatic heterocycles. The van der Waals surface area contributed by atoms with E-state index in [4.69, 9.17) is 0 Å². The van der Waals surface area contributed by atoms with E-state index < -0.39 is 0 Å². The number of rotatable bonds is 4. The molecule has 0 saturated carbocycles. The first-order chi connectivity index (χ1) is 6.63. The van der Waals surface area contributed by atoms with Crippen LogP contribution in [0.15, 0.2) is 0 Å². The molecule has 1 N–H and O–H groups in total. The molecular weight excluding hydrogens is 176 g/mol. The van der Waals surface area contributed by atoms with Crippen molar-refractivity contribution in [1.29, 1.82) is 0 Å². The van der Waals surface area contributed by atoms with E-state index in [1.807, 2.05) is 11.8 Å². The quantitative estimate of drug-likeness (QED) is 0.737. The summed E-state index contributed by atoms with van der Waals surface area (Å²) in [4.78, 5) is 13.4. The number of carbonyl (C=O) groups is 1. The van der Waals surface area contributed by atoms with Crippen LogP contribution in [-0.4, -0.2) is 36.5 Å². The van der Waals surface area contributed by atoms with Crippen LogP contribution in [0.4, 0.5) is 0 Å². The van der Waals surface area contributed by atoms with Gasteiger partial charge in [0.1, 0.15) is 0 Å². The summed E-state index contributed by atoms with van der Waals surface area (Å²) in [6.45, 7) is 9.20. The average molecular weight is 198 g/mol. The van der Waals surface area contributed by atoms with Gasteiger partial charge in [-0.05, 0) is 18.9 Å². The Hall–Kier alpha value is -0.570. The Morgan fingerprint density at radius 2 is 2.29 bits per heavy atom. The van der Waals surface area contributed by atoms with Gasteiger partial charge in [-0.1, -0.05) is 20.8 Å². The van der Waals surface area contributed by atoms with Crippen LogP contribution in [0.3, 0.4) is 0 Å². The lowest BCUT2D eigenvalue weighted by molar-refractivity contribution is -0.129. The molecule has 0 spiro atoms. The van der Waals surface area contributed by atoms with Crippen LogP contribution in [0, 0.1) is 5.92 Å². The predicted octanol–water partition coefficient (Wildman–Crippen LogP) is 1.24. The van der Waals surface area contributed by atoms with Crippen molar-refractivity contribution >= 4 is 5.91 Å². The Labute approximate surface area is 86.9 Å². The molecule has 1 rings (SSSR count). The Bertz CT molecular complexity index is 192. The van der Waals surface area contributed by atoms with Crippen molar-refractivity contribution in [2.75, 3.05) is 19.6 Å². The number of amides is 1. The maximum atomic E-state index is 11.4. The molecule has 0 bridgehead atoms. The van der Waals surface area contributed by atoms with E-state index in [-0.39, 0.29) is 0 Å². The van der Waals surface area contributed by atoms with Gasteiger partial charge < -0.3 is 10.2 Å². The average Bonchev–Trinajstić information content (AvgIpc) is 2.62. The van der Waals surface area contributed by atoms with Crippen LogP contribution >= 0.6 is 0 Å². The summed E-state index contributed by atoms with van der Waals surface area (Å²) in [7, 11) is 0. The van der Waals surface area contributed by atoms with Gasteiger partial charge in [-0.25, -0.2) is 0 Å². The maximum Gasteiger partial charge on any atom is 0.222 e. The summed E-state index contributed by atoms with van der Waals surface area (Å²) in [5, 5.41) is 3.43. The number of hydrogen-bond donors (Lipinski definition) is 1. The van der Waals surface area contributed by atoms with Crippen molar-refractivity contribution < 1.29 is 4.79 Å². The van der Waals surface area contributed by atoms with Gasteiger partial charge >= 0.3 is 0 Å². The molecule has 3 heteroatoms. The molecule has 1 saturated heterocycles. The molecule has 3 nitrogen and oxygen atoms in total. The van der Waals surface area contributed by atoms with Gasteiger partial charge in [0.05, 0.1) is 0 Å². The van der Waals surface area contributed by atoms with Crippen LogP contribution in [0.25, 0.3) is 0 Å². The zero-order valence-corrected chi connectivity index (χ0v) is 9.55. The number of hydrogen-bond acceptors (Lipinski definition) is 2. The molecule has 1 amide bonds. The van der Waals surface area contributed by atoms with E-state index in [2.05, 4.69) is 19.2 Å². The summed E-state index contributed by atoms with van der Waals surface area (Å²) < 4.78 is 0. The third-order valence-electron chi connectivity index (χ3n) is 2.76. The minimum Gasteiger partial charge on any atom is -0.342 e. The molecule has 0 aliphatic carbocycles. The summed E-state index contributed by atoms with van der Waals surface area (Å²) in [6, 6.07) is 0.547. The standard InChI is InChI=1S/C11H22N2O/c1-4-11(14)13-6-5-10(8-13)7-12-9(2)3/h9-10,12H,4-8H2,1-3H3. The largest absolute Gasteiger partial charge is 0.342 e. The van der Waals surface area contributed by atoms with Crippen molar-refractivity contribution in [1.82, 2.24) is 10.2 Å². The Balaban J connectivity index is 2.23. The van der Waals surface area contributed by atoms with E-state index in [0.717, 1.165) is 26.1 Å².